The highest BCUT2D eigenvalue weighted by atomic mass is 16.4. The maximum Gasteiger partial charge on any atom is 0.321 e. The van der Waals surface area contributed by atoms with E-state index in [4.69, 9.17) is 16.6 Å². The summed E-state index contributed by atoms with van der Waals surface area (Å²) < 4.78 is 0. The number of carbonyl (C=O) groups excluding carboxylic acids is 2. The highest BCUT2D eigenvalue weighted by Crippen LogP contribution is 2.60. The molecule has 1 heterocycles. The molecule has 32 heavy (non-hydrogen) atoms. The van der Waals surface area contributed by atoms with Gasteiger partial charge in [-0.2, -0.15) is 0 Å². The SMILES string of the molecule is CN1CC[C@@]23C[C@H](NC(=O)C[C@@H](N)C(=O)O)CC[C@@]2(O)[C@@H]1Cc1ccc(C(N)=O)c(O)c13. The molecule has 174 valence electrons. The average molecular weight is 447 g/mol. The Kier molecular flexibility index (Phi) is 5.43. The van der Waals surface area contributed by atoms with E-state index in [9.17, 15) is 24.6 Å². The van der Waals surface area contributed by atoms with Crippen LogP contribution in [-0.4, -0.2) is 75.3 Å². The van der Waals surface area contributed by atoms with E-state index in [0.717, 1.165) is 5.56 Å². The lowest BCUT2D eigenvalue weighted by molar-refractivity contribution is -0.166. The molecule has 0 radical (unpaired) electrons. The van der Waals surface area contributed by atoms with Crippen LogP contribution >= 0.6 is 0 Å². The zero-order chi connectivity index (χ0) is 23.4. The molecule has 0 aromatic heterocycles. The third kappa shape index (κ3) is 3.25. The Morgan fingerprint density at radius 3 is 2.69 bits per heavy atom. The predicted octanol–water partition coefficient (Wildman–Crippen LogP) is -0.809. The van der Waals surface area contributed by atoms with Crippen molar-refractivity contribution in [2.75, 3.05) is 13.6 Å². The van der Waals surface area contributed by atoms with E-state index in [1.54, 1.807) is 6.07 Å². The van der Waals surface area contributed by atoms with Gasteiger partial charge in [-0.05, 0) is 57.3 Å². The Morgan fingerprint density at radius 1 is 1.31 bits per heavy atom. The quantitative estimate of drug-likeness (QED) is 0.340. The standard InChI is InChI=1S/C22H30N4O6/c1-26-7-6-21-10-12(25-16(27)9-14(23)20(30)31)4-5-22(21,32)15(26)8-11-2-3-13(19(24)29)18(28)17(11)21/h2-3,12,14-15,28,32H,4-10,23H2,1H3,(H2,24,29)(H,25,27)(H,30,31)/t12-,14-,15+,21+,22-/m1/s1. The summed E-state index contributed by atoms with van der Waals surface area (Å²) in [5.74, 6) is -2.66. The number of nitrogens with one attached hydrogen (secondary N) is 1. The topological polar surface area (TPSA) is 179 Å². The fourth-order valence-electron chi connectivity index (χ4n) is 6.23. The van der Waals surface area contributed by atoms with E-state index in [-0.39, 0.29) is 29.8 Å². The number of aliphatic hydroxyl groups is 1. The van der Waals surface area contributed by atoms with Gasteiger partial charge in [-0.3, -0.25) is 14.4 Å². The van der Waals surface area contributed by atoms with Crippen LogP contribution < -0.4 is 16.8 Å². The maximum atomic E-state index is 12.4. The van der Waals surface area contributed by atoms with Gasteiger partial charge in [0.05, 0.1) is 17.6 Å². The number of hydrogen-bond donors (Lipinski definition) is 6. The molecule has 3 aliphatic rings. The molecular weight excluding hydrogens is 416 g/mol. The molecule has 0 unspecified atom stereocenters. The zero-order valence-corrected chi connectivity index (χ0v) is 18.0. The van der Waals surface area contributed by atoms with E-state index >= 15 is 0 Å². The van der Waals surface area contributed by atoms with Crippen molar-refractivity contribution in [1.29, 1.82) is 0 Å². The van der Waals surface area contributed by atoms with E-state index in [1.165, 1.54) is 6.07 Å². The van der Waals surface area contributed by atoms with Gasteiger partial charge in [0.15, 0.2) is 0 Å². The number of nitrogens with two attached hydrogens (primary N) is 2. The van der Waals surface area contributed by atoms with Crippen LogP contribution in [0, 0.1) is 0 Å². The number of aromatic hydroxyl groups is 1. The second-order valence-electron chi connectivity index (χ2n) is 9.47. The molecule has 10 nitrogen and oxygen atoms in total. The van der Waals surface area contributed by atoms with Crippen LogP contribution in [0.15, 0.2) is 12.1 Å². The van der Waals surface area contributed by atoms with Crippen molar-refractivity contribution in [3.8, 4) is 5.75 Å². The molecule has 0 spiro atoms. The molecule has 2 bridgehead atoms. The summed E-state index contributed by atoms with van der Waals surface area (Å²) >= 11 is 0. The number of rotatable bonds is 5. The largest absolute Gasteiger partial charge is 0.507 e. The van der Waals surface area contributed by atoms with Crippen LogP contribution in [0.5, 0.6) is 5.75 Å². The first-order valence-corrected chi connectivity index (χ1v) is 10.9. The molecule has 8 N–H and O–H groups in total. The van der Waals surface area contributed by atoms with Gasteiger partial charge in [-0.1, -0.05) is 6.07 Å². The van der Waals surface area contributed by atoms with Gasteiger partial charge in [0.2, 0.25) is 5.91 Å². The summed E-state index contributed by atoms with van der Waals surface area (Å²) in [6.07, 6.45) is 1.95. The summed E-state index contributed by atoms with van der Waals surface area (Å²) in [6, 6.07) is 1.51. The number of carbonyl (C=O) groups is 3. The van der Waals surface area contributed by atoms with Crippen molar-refractivity contribution < 1.29 is 29.7 Å². The first-order valence-electron chi connectivity index (χ1n) is 10.9. The molecule has 1 aliphatic heterocycles. The number of phenols is 1. The molecule has 10 heteroatoms. The highest BCUT2D eigenvalue weighted by Gasteiger charge is 2.65. The van der Waals surface area contributed by atoms with Gasteiger partial charge >= 0.3 is 5.97 Å². The second kappa shape index (κ2) is 7.72. The number of primary amides is 1. The van der Waals surface area contributed by atoms with Gasteiger partial charge in [-0.25, -0.2) is 0 Å². The number of likely N-dealkylation sites (tertiary alicyclic amines) is 1. The van der Waals surface area contributed by atoms with Crippen LogP contribution in [0.25, 0.3) is 0 Å². The number of carboxylic acid groups (broad SMARTS) is 1. The Bertz CT molecular complexity index is 983. The summed E-state index contributed by atoms with van der Waals surface area (Å²) in [6.45, 7) is 0.678. The Morgan fingerprint density at radius 2 is 2.03 bits per heavy atom. The fourth-order valence-corrected chi connectivity index (χ4v) is 6.23. The minimum atomic E-state index is -1.29. The van der Waals surface area contributed by atoms with E-state index < -0.39 is 34.8 Å². The number of likely N-dealkylation sites (N-methyl/N-ethyl adjacent to an activating group) is 1. The van der Waals surface area contributed by atoms with Crippen molar-refractivity contribution in [2.45, 2.75) is 67.7 Å². The van der Waals surface area contributed by atoms with Gasteiger partial charge in [-0.15, -0.1) is 0 Å². The van der Waals surface area contributed by atoms with Crippen molar-refractivity contribution >= 4 is 17.8 Å². The first kappa shape index (κ1) is 22.5. The normalized spacial score (nSPS) is 32.3. The van der Waals surface area contributed by atoms with Crippen LogP contribution in [0.2, 0.25) is 0 Å². The fraction of sp³-hybridized carbons (Fsp3) is 0.591. The number of carboxylic acids is 1. The summed E-state index contributed by atoms with van der Waals surface area (Å²) in [4.78, 5) is 37.4. The number of hydrogen-bond acceptors (Lipinski definition) is 7. The molecular formula is C22H30N4O6. The minimum Gasteiger partial charge on any atom is -0.507 e. The number of piperidine rings is 1. The van der Waals surface area contributed by atoms with Crippen LogP contribution in [0.4, 0.5) is 0 Å². The van der Waals surface area contributed by atoms with Gasteiger partial charge in [0.25, 0.3) is 5.91 Å². The van der Waals surface area contributed by atoms with E-state index in [0.29, 0.717) is 44.2 Å². The monoisotopic (exact) mass is 446 g/mol. The first-order chi connectivity index (χ1) is 15.0. The number of benzene rings is 1. The summed E-state index contributed by atoms with van der Waals surface area (Å²) in [7, 11) is 1.97. The van der Waals surface area contributed by atoms with Gasteiger partial charge < -0.3 is 37.0 Å². The molecule has 1 aromatic carbocycles. The second-order valence-corrected chi connectivity index (χ2v) is 9.47. The lowest BCUT2D eigenvalue weighted by Gasteiger charge is -2.64. The molecule has 2 amide bonds. The number of amides is 2. The van der Waals surface area contributed by atoms with Crippen molar-refractivity contribution in [3.05, 3.63) is 28.8 Å². The molecule has 2 aliphatic carbocycles. The van der Waals surface area contributed by atoms with Gasteiger partial charge in [0.1, 0.15) is 11.8 Å². The van der Waals surface area contributed by atoms with Crippen LogP contribution in [0.3, 0.4) is 0 Å². The number of nitrogens with zero attached hydrogens (tertiary/aromatic N) is 1. The molecule has 1 saturated heterocycles. The molecule has 1 aromatic rings. The van der Waals surface area contributed by atoms with Crippen molar-refractivity contribution in [1.82, 2.24) is 10.2 Å². The number of fused-ring (bicyclic) bond motifs is 1. The third-order valence-corrected chi connectivity index (χ3v) is 7.78. The lowest BCUT2D eigenvalue weighted by Crippen LogP contribution is -2.73. The van der Waals surface area contributed by atoms with Crippen molar-refractivity contribution in [2.24, 2.45) is 11.5 Å². The Balaban J connectivity index is 1.73. The van der Waals surface area contributed by atoms with Gasteiger partial charge in [0, 0.05) is 23.1 Å². The summed E-state index contributed by atoms with van der Waals surface area (Å²) in [5, 5.41) is 34.9. The molecule has 2 fully saturated rings. The van der Waals surface area contributed by atoms with E-state index in [1.807, 2.05) is 7.05 Å². The average Bonchev–Trinajstić information content (AvgIpc) is 2.70. The Labute approximate surface area is 185 Å². The van der Waals surface area contributed by atoms with Crippen molar-refractivity contribution in [3.63, 3.8) is 0 Å². The minimum absolute atomic E-state index is 0.0106. The summed E-state index contributed by atoms with van der Waals surface area (Å²) in [5.41, 5.74) is 10.3. The molecule has 1 saturated carbocycles. The lowest BCUT2D eigenvalue weighted by atomic mass is 9.48. The predicted molar refractivity (Wildman–Crippen MR) is 114 cm³/mol. The molecule has 4 rings (SSSR count). The van der Waals surface area contributed by atoms with Crippen LogP contribution in [-0.2, 0) is 21.4 Å². The Hall–Kier alpha value is -2.69. The number of aliphatic carboxylic acids is 1. The van der Waals surface area contributed by atoms with E-state index in [2.05, 4.69) is 10.2 Å². The third-order valence-electron chi connectivity index (χ3n) is 7.78. The molecule has 5 atom stereocenters. The zero-order valence-electron chi connectivity index (χ0n) is 18.0. The maximum absolute atomic E-state index is 12.4. The van der Waals surface area contributed by atoms with Crippen LogP contribution in [0.1, 0.15) is 53.6 Å². The smallest absolute Gasteiger partial charge is 0.321 e. The highest BCUT2D eigenvalue weighted by molar-refractivity contribution is 5.96.